The van der Waals surface area contributed by atoms with Crippen molar-refractivity contribution >= 4 is 123 Å². The van der Waals surface area contributed by atoms with Crippen LogP contribution in [0.4, 0.5) is 95.9 Å². The van der Waals surface area contributed by atoms with Gasteiger partial charge in [-0.05, 0) is 36.9 Å². The van der Waals surface area contributed by atoms with Gasteiger partial charge in [0, 0.05) is 0 Å². The smallest absolute Gasteiger partial charge is 0.652 e. The maximum absolute atomic E-state index is 8.56. The molecular formula is C20H28Na12O60. The van der Waals surface area contributed by atoms with E-state index in [1.54, 1.807) is 0 Å². The molecule has 0 saturated carbocycles. The first-order valence-corrected chi connectivity index (χ1v) is 12.8. The van der Waals surface area contributed by atoms with E-state index in [0.717, 1.165) is 0 Å². The summed E-state index contributed by atoms with van der Waals surface area (Å²) in [5.41, 5.74) is 0. The molecule has 480 valence electrons. The number of carboxylic acid groups (broad SMARTS) is 40. The molecular weight excluding hydrogens is 1480 g/mol. The average molecular weight is 1500 g/mol. The molecule has 0 amide bonds. The van der Waals surface area contributed by atoms with Crippen molar-refractivity contribution in [2.75, 3.05) is 0 Å². The van der Waals surface area contributed by atoms with Gasteiger partial charge in [-0.2, -0.15) is 0 Å². The second kappa shape index (κ2) is 205. The maximum Gasteiger partial charge on any atom is 1.00 e. The van der Waals surface area contributed by atoms with Crippen molar-refractivity contribution in [3.8, 4) is 0 Å². The van der Waals surface area contributed by atoms with Gasteiger partial charge in [-0.15, -0.1) is 0 Å². The summed E-state index contributed by atoms with van der Waals surface area (Å²) in [7, 11) is 0. The van der Waals surface area contributed by atoms with Gasteiger partial charge in [-0.1, -0.05) is 0 Å². The van der Waals surface area contributed by atoms with Gasteiger partial charge in [0.2, 0.25) is 0 Å². The van der Waals surface area contributed by atoms with Crippen molar-refractivity contribution in [2.24, 2.45) is 0 Å². The van der Waals surface area contributed by atoms with Crippen molar-refractivity contribution in [3.63, 3.8) is 0 Å². The Bertz CT molecular complexity index is 1100. The largest absolute Gasteiger partial charge is 1.00 e. The first-order chi connectivity index (χ1) is 34.6. The van der Waals surface area contributed by atoms with E-state index in [1.807, 2.05) is 0 Å². The first kappa shape index (κ1) is 212. The molecule has 0 fully saturated rings. The van der Waals surface area contributed by atoms with Gasteiger partial charge in [0.05, 0.1) is 0 Å². The van der Waals surface area contributed by atoms with Gasteiger partial charge in [-0.3, -0.25) is 0 Å². The van der Waals surface area contributed by atoms with Crippen LogP contribution in [0.5, 0.6) is 0 Å². The van der Waals surface area contributed by atoms with Crippen LogP contribution in [0.1, 0.15) is 0 Å². The number of hydrogen-bond acceptors (Lipinski definition) is 32. The van der Waals surface area contributed by atoms with E-state index in [9.17, 15) is 0 Å². The van der Waals surface area contributed by atoms with Crippen molar-refractivity contribution in [2.45, 2.75) is 0 Å². The number of hydrogen-bond donors (Lipinski definition) is 28. The normalized spacial score (nSPS) is 5.22. The Morgan fingerprint density at radius 3 is 0.109 bits per heavy atom. The van der Waals surface area contributed by atoms with E-state index in [0.29, 0.717) is 0 Å². The van der Waals surface area contributed by atoms with Crippen molar-refractivity contribution in [1.82, 2.24) is 0 Å². The van der Waals surface area contributed by atoms with E-state index >= 15 is 0 Å². The molecule has 92 heavy (non-hydrogen) atoms. The summed E-state index contributed by atoms with van der Waals surface area (Å²) in [6.45, 7) is 0. The zero-order valence-corrected chi connectivity index (χ0v) is 71.6. The molecule has 0 aromatic rings. The number of carbonyl (C=O) groups is 20. The molecule has 0 radical (unpaired) electrons. The standard InChI is InChI=1S/20CH2O3.12Na/c20*2-1(3)4;;;;;;;;;;;;/h20*(H2,2,3,4);;;;;;;;;;;;/q;;;;;;;;;;;;;;;;;;;;12*+1/p-12. The Hall–Kier alpha value is -2.60. The number of rotatable bonds is 0. The minimum Gasteiger partial charge on any atom is -0.652 e. The molecule has 0 unspecified atom stereocenters. The second-order valence-electron chi connectivity index (χ2n) is 5.46. The summed E-state index contributed by atoms with van der Waals surface area (Å²) in [4.78, 5) is 170. The molecule has 0 aromatic heterocycles. The molecule has 0 aliphatic rings. The molecule has 0 saturated heterocycles. The molecule has 0 atom stereocenters. The van der Waals surface area contributed by atoms with Crippen molar-refractivity contribution < 1.29 is 655 Å². The van der Waals surface area contributed by atoms with Crippen LogP contribution in [0.3, 0.4) is 0 Å². The Kier molecular flexibility index (Phi) is 472. The predicted molar refractivity (Wildman–Crippen MR) is 182 cm³/mol. The van der Waals surface area contributed by atoms with Crippen LogP contribution < -0.4 is 416 Å². The van der Waals surface area contributed by atoms with Gasteiger partial charge in [0.15, 0.2) is 0 Å². The molecule has 0 rings (SSSR count). The van der Waals surface area contributed by atoms with Crippen LogP contribution >= 0.6 is 0 Å². The van der Waals surface area contributed by atoms with Crippen molar-refractivity contribution in [1.29, 1.82) is 0 Å². The third kappa shape index (κ3) is 96500. The van der Waals surface area contributed by atoms with Crippen LogP contribution in [0.25, 0.3) is 0 Å². The van der Waals surface area contributed by atoms with Crippen LogP contribution in [0, 0.1) is 0 Å². The summed E-state index contributed by atoms with van der Waals surface area (Å²) < 4.78 is 0. The summed E-state index contributed by atoms with van der Waals surface area (Å²) in [5, 5.41) is 295. The molecule has 0 bridgehead atoms. The monoisotopic (exact) mass is 1500 g/mol. The minimum atomic E-state index is -2.33. The molecule has 28 N–H and O–H groups in total. The van der Waals surface area contributed by atoms with Gasteiger partial charge in [0.25, 0.3) is 0 Å². The van der Waals surface area contributed by atoms with E-state index in [1.165, 1.54) is 0 Å². The molecule has 0 spiro atoms. The minimum absolute atomic E-state index is 0. The summed E-state index contributed by atoms with van der Waals surface area (Å²) in [5.74, 6) is 0. The third-order valence-corrected chi connectivity index (χ3v) is 0. The fourth-order valence-electron chi connectivity index (χ4n) is 0. The van der Waals surface area contributed by atoms with Gasteiger partial charge in [-0.25, -0.2) is 67.1 Å². The summed E-state index contributed by atoms with van der Waals surface area (Å²) in [6, 6.07) is 0. The van der Waals surface area contributed by atoms with Crippen LogP contribution in [0.15, 0.2) is 0 Å². The third-order valence-electron chi connectivity index (χ3n) is 0. The SMILES string of the molecule is O=C(O)O.O=C(O)O.O=C(O)O.O=C(O)O.O=C(O)O.O=C(O)O.O=C(O)O.O=C(O)O.O=C(O)O.O=C(O)O.O=C(O)O.O=C(O)O.O=C(O)O.O=C(O)O.O=C([O-])[O-].O=C([O-])[O-].O=C([O-])[O-].O=C([O-])[O-].O=C([O-])[O-].O=C([O-])[O-].[Na+].[Na+].[Na+].[Na+].[Na+].[Na+].[Na+].[Na+].[Na+].[Na+].[Na+].[Na+]. The molecule has 72 heteroatoms. The Labute approximate surface area is 765 Å². The van der Waals surface area contributed by atoms with E-state index in [-0.39, 0.29) is 355 Å². The zero-order chi connectivity index (χ0) is 71.5. The topological polar surface area (TPSA) is 1180 Å². The molecule has 0 aliphatic carbocycles. The first-order valence-electron chi connectivity index (χ1n) is 12.8. The van der Waals surface area contributed by atoms with Crippen LogP contribution in [-0.4, -0.2) is 266 Å². The van der Waals surface area contributed by atoms with E-state index in [4.69, 9.17) is 300 Å². The molecule has 60 nitrogen and oxygen atoms in total. The Morgan fingerprint density at radius 2 is 0.109 bits per heavy atom. The number of carbonyl (C=O) groups excluding carboxylic acids is 6. The second-order valence-corrected chi connectivity index (χ2v) is 5.46. The van der Waals surface area contributed by atoms with Gasteiger partial charge in [0.1, 0.15) is 0 Å². The van der Waals surface area contributed by atoms with E-state index in [2.05, 4.69) is 0 Å². The van der Waals surface area contributed by atoms with Crippen LogP contribution in [-0.2, 0) is 0 Å². The van der Waals surface area contributed by atoms with E-state index < -0.39 is 123 Å². The fraction of sp³-hybridized carbons (Fsp3) is 0. The predicted octanol–water partition coefficient (Wildman–Crippen LogP) is -47.5. The molecule has 0 aromatic carbocycles. The quantitative estimate of drug-likeness (QED) is 0.100. The van der Waals surface area contributed by atoms with Gasteiger partial charge < -0.3 is 233 Å². The Balaban J connectivity index is -0.0000000136. The summed E-state index contributed by atoms with van der Waals surface area (Å²) in [6.07, 6.45) is -39.7. The molecule has 0 aliphatic heterocycles. The molecule has 0 heterocycles. The maximum atomic E-state index is 8.56. The van der Waals surface area contributed by atoms with Gasteiger partial charge >= 0.3 is 441 Å². The Morgan fingerprint density at radius 1 is 0.109 bits per heavy atom. The summed E-state index contributed by atoms with van der Waals surface area (Å²) >= 11 is 0. The zero-order valence-electron chi connectivity index (χ0n) is 47.6. The van der Waals surface area contributed by atoms with Crippen LogP contribution in [0.2, 0.25) is 0 Å². The van der Waals surface area contributed by atoms with Crippen molar-refractivity contribution in [3.05, 3.63) is 0 Å². The fourth-order valence-corrected chi connectivity index (χ4v) is 0. The average Bonchev–Trinajstić information content (AvgIpc) is 2.99.